The molecular weight excluding hydrogens is 298 g/mol. The highest BCUT2D eigenvalue weighted by Gasteiger charge is 2.17. The Morgan fingerprint density at radius 2 is 1.77 bits per heavy atom. The van der Waals surface area contributed by atoms with Crippen LogP contribution in [-0.2, 0) is 16.6 Å². The summed E-state index contributed by atoms with van der Waals surface area (Å²) in [5.74, 6) is 0.885. The van der Waals surface area contributed by atoms with E-state index in [1.165, 1.54) is 0 Å². The van der Waals surface area contributed by atoms with E-state index >= 15 is 0 Å². The number of nitrogens with one attached hydrogen (secondary N) is 1. The summed E-state index contributed by atoms with van der Waals surface area (Å²) in [4.78, 5) is 0.257. The van der Waals surface area contributed by atoms with Crippen molar-refractivity contribution in [2.45, 2.75) is 31.2 Å². The normalized spacial score (nSPS) is 11.6. The van der Waals surface area contributed by atoms with Crippen LogP contribution >= 0.6 is 0 Å². The molecule has 4 nitrogen and oxygen atoms in total. The van der Waals surface area contributed by atoms with Crippen molar-refractivity contribution in [2.75, 3.05) is 7.11 Å². The van der Waals surface area contributed by atoms with Crippen molar-refractivity contribution in [3.63, 3.8) is 0 Å². The molecule has 1 N–H and O–H groups in total. The van der Waals surface area contributed by atoms with E-state index in [0.717, 1.165) is 11.1 Å². The largest absolute Gasteiger partial charge is 0.496 e. The van der Waals surface area contributed by atoms with Crippen molar-refractivity contribution in [1.82, 2.24) is 4.72 Å². The van der Waals surface area contributed by atoms with Crippen molar-refractivity contribution in [3.8, 4) is 5.75 Å². The number of hydrogen-bond acceptors (Lipinski definition) is 3. The zero-order valence-electron chi connectivity index (χ0n) is 13.0. The van der Waals surface area contributed by atoms with Gasteiger partial charge in [-0.05, 0) is 35.2 Å². The number of methoxy groups -OCH3 is 1. The quantitative estimate of drug-likeness (QED) is 0.889. The van der Waals surface area contributed by atoms with E-state index in [1.807, 2.05) is 44.2 Å². The maximum absolute atomic E-state index is 12.4. The summed E-state index contributed by atoms with van der Waals surface area (Å²) in [6.07, 6.45) is 0. The van der Waals surface area contributed by atoms with E-state index in [1.54, 1.807) is 25.3 Å². The first-order valence-corrected chi connectivity index (χ1v) is 8.64. The molecule has 0 aliphatic rings. The molecule has 0 heterocycles. The Bertz CT molecular complexity index is 725. The van der Waals surface area contributed by atoms with Gasteiger partial charge in [0.25, 0.3) is 0 Å². The molecule has 0 bridgehead atoms. The van der Waals surface area contributed by atoms with Gasteiger partial charge in [-0.2, -0.15) is 0 Å². The fourth-order valence-corrected chi connectivity index (χ4v) is 3.24. The molecule has 0 aliphatic heterocycles. The lowest BCUT2D eigenvalue weighted by Crippen LogP contribution is -2.23. The van der Waals surface area contributed by atoms with Crippen LogP contribution in [0.2, 0.25) is 0 Å². The lowest BCUT2D eigenvalue weighted by atomic mass is 10.0. The number of hydrogen-bond donors (Lipinski definition) is 1. The predicted octanol–water partition coefficient (Wildman–Crippen LogP) is 3.30. The first-order valence-electron chi connectivity index (χ1n) is 7.15. The Hall–Kier alpha value is -1.85. The maximum Gasteiger partial charge on any atom is 0.240 e. The second-order valence-corrected chi connectivity index (χ2v) is 7.14. The summed E-state index contributed by atoms with van der Waals surface area (Å²) >= 11 is 0. The standard InChI is InChI=1S/C17H21NO3S/c1-13(2)16-11-15(9-10-17(16)21-3)22(19,20)18-12-14-7-5-4-6-8-14/h4-11,13,18H,12H2,1-3H3. The van der Waals surface area contributed by atoms with Gasteiger partial charge in [0.15, 0.2) is 0 Å². The van der Waals surface area contributed by atoms with Crippen LogP contribution in [-0.4, -0.2) is 15.5 Å². The number of rotatable bonds is 6. The van der Waals surface area contributed by atoms with Gasteiger partial charge < -0.3 is 4.74 Å². The van der Waals surface area contributed by atoms with Crippen molar-refractivity contribution < 1.29 is 13.2 Å². The molecule has 2 aromatic rings. The monoisotopic (exact) mass is 319 g/mol. The minimum atomic E-state index is -3.55. The van der Waals surface area contributed by atoms with Crippen LogP contribution in [0, 0.1) is 0 Å². The van der Waals surface area contributed by atoms with Gasteiger partial charge >= 0.3 is 0 Å². The highest BCUT2D eigenvalue weighted by Crippen LogP contribution is 2.28. The molecule has 0 unspecified atom stereocenters. The van der Waals surface area contributed by atoms with Crippen molar-refractivity contribution in [1.29, 1.82) is 0 Å². The van der Waals surface area contributed by atoms with Crippen LogP contribution in [0.1, 0.15) is 30.9 Å². The van der Waals surface area contributed by atoms with Crippen molar-refractivity contribution >= 4 is 10.0 Å². The highest BCUT2D eigenvalue weighted by atomic mass is 32.2. The number of sulfonamides is 1. The average Bonchev–Trinajstić information content (AvgIpc) is 2.53. The summed E-state index contributed by atoms with van der Waals surface area (Å²) in [6, 6.07) is 14.4. The Labute approximate surface area is 132 Å². The summed E-state index contributed by atoms with van der Waals surface area (Å²) in [7, 11) is -1.96. The lowest BCUT2D eigenvalue weighted by molar-refractivity contribution is 0.407. The fourth-order valence-electron chi connectivity index (χ4n) is 2.19. The van der Waals surface area contributed by atoms with Crippen LogP contribution in [0.5, 0.6) is 5.75 Å². The predicted molar refractivity (Wildman–Crippen MR) is 87.6 cm³/mol. The number of ether oxygens (including phenoxy) is 1. The Morgan fingerprint density at radius 3 is 2.36 bits per heavy atom. The van der Waals surface area contributed by atoms with Crippen LogP contribution in [0.3, 0.4) is 0 Å². The molecule has 0 atom stereocenters. The SMILES string of the molecule is COc1ccc(S(=O)(=O)NCc2ccccc2)cc1C(C)C. The summed E-state index contributed by atoms with van der Waals surface area (Å²) in [5.41, 5.74) is 1.80. The molecular formula is C17H21NO3S. The second-order valence-electron chi connectivity index (χ2n) is 5.37. The Morgan fingerprint density at radius 1 is 1.09 bits per heavy atom. The van der Waals surface area contributed by atoms with E-state index < -0.39 is 10.0 Å². The molecule has 0 saturated carbocycles. The van der Waals surface area contributed by atoms with E-state index in [9.17, 15) is 8.42 Å². The molecule has 2 aromatic carbocycles. The average molecular weight is 319 g/mol. The summed E-state index contributed by atoms with van der Waals surface area (Å²) in [6.45, 7) is 4.28. The topological polar surface area (TPSA) is 55.4 Å². The molecule has 0 amide bonds. The van der Waals surface area contributed by atoms with Gasteiger partial charge in [-0.1, -0.05) is 44.2 Å². The molecule has 0 aliphatic carbocycles. The van der Waals surface area contributed by atoms with Gasteiger partial charge in [-0.3, -0.25) is 0 Å². The first kappa shape index (κ1) is 16.5. The van der Waals surface area contributed by atoms with Crippen LogP contribution in [0.15, 0.2) is 53.4 Å². The highest BCUT2D eigenvalue weighted by molar-refractivity contribution is 7.89. The first-order chi connectivity index (χ1) is 10.4. The Kier molecular flexibility index (Phi) is 5.21. The van der Waals surface area contributed by atoms with Gasteiger partial charge in [0.2, 0.25) is 10.0 Å². The van der Waals surface area contributed by atoms with Gasteiger partial charge in [-0.25, -0.2) is 13.1 Å². The van der Waals surface area contributed by atoms with Crippen molar-refractivity contribution in [3.05, 3.63) is 59.7 Å². The van der Waals surface area contributed by atoms with Gasteiger partial charge in [0.1, 0.15) is 5.75 Å². The lowest BCUT2D eigenvalue weighted by Gasteiger charge is -2.14. The maximum atomic E-state index is 12.4. The molecule has 5 heteroatoms. The molecule has 118 valence electrons. The summed E-state index contributed by atoms with van der Waals surface area (Å²) < 4.78 is 32.8. The second kappa shape index (κ2) is 6.94. The third-order valence-electron chi connectivity index (χ3n) is 3.44. The van der Waals surface area contributed by atoms with E-state index in [-0.39, 0.29) is 17.4 Å². The molecule has 0 spiro atoms. The molecule has 22 heavy (non-hydrogen) atoms. The van der Waals surface area contributed by atoms with Crippen LogP contribution in [0.25, 0.3) is 0 Å². The van der Waals surface area contributed by atoms with Gasteiger partial charge in [0.05, 0.1) is 12.0 Å². The summed E-state index contributed by atoms with van der Waals surface area (Å²) in [5, 5.41) is 0. The van der Waals surface area contributed by atoms with E-state index in [2.05, 4.69) is 4.72 Å². The molecule has 0 aromatic heterocycles. The minimum absolute atomic E-state index is 0.180. The third kappa shape index (κ3) is 3.87. The van der Waals surface area contributed by atoms with Gasteiger partial charge in [-0.15, -0.1) is 0 Å². The molecule has 0 radical (unpaired) electrons. The smallest absolute Gasteiger partial charge is 0.240 e. The zero-order valence-corrected chi connectivity index (χ0v) is 13.9. The van der Waals surface area contributed by atoms with E-state index in [4.69, 9.17) is 4.74 Å². The van der Waals surface area contributed by atoms with Gasteiger partial charge in [0, 0.05) is 6.54 Å². The van der Waals surface area contributed by atoms with E-state index in [0.29, 0.717) is 5.75 Å². The Balaban J connectivity index is 2.24. The van der Waals surface area contributed by atoms with Crippen LogP contribution in [0.4, 0.5) is 0 Å². The third-order valence-corrected chi connectivity index (χ3v) is 4.84. The molecule has 0 saturated heterocycles. The minimum Gasteiger partial charge on any atom is -0.496 e. The van der Waals surface area contributed by atoms with Crippen molar-refractivity contribution in [2.24, 2.45) is 0 Å². The molecule has 0 fully saturated rings. The van der Waals surface area contributed by atoms with Crippen LogP contribution < -0.4 is 9.46 Å². The zero-order chi connectivity index (χ0) is 16.2. The fraction of sp³-hybridized carbons (Fsp3) is 0.294. The molecule has 2 rings (SSSR count). The number of benzene rings is 2.